The number of fused-ring (bicyclic) bond motifs is 1. The quantitative estimate of drug-likeness (QED) is 0.804. The van der Waals surface area contributed by atoms with Gasteiger partial charge in [-0.2, -0.15) is 0 Å². The largest absolute Gasteiger partial charge is 0.486 e. The van der Waals surface area contributed by atoms with E-state index < -0.39 is 0 Å². The van der Waals surface area contributed by atoms with Gasteiger partial charge in [0.15, 0.2) is 16.6 Å². The first-order valence-electron chi connectivity index (χ1n) is 10.5. The molecular weight excluding hydrogens is 388 g/mol. The highest BCUT2D eigenvalue weighted by molar-refractivity contribution is 7.15. The van der Waals surface area contributed by atoms with E-state index in [0.717, 1.165) is 68.3 Å². The van der Waals surface area contributed by atoms with E-state index in [1.807, 2.05) is 23.6 Å². The number of benzene rings is 1. The van der Waals surface area contributed by atoms with Gasteiger partial charge in [0.25, 0.3) is 0 Å². The molecule has 0 saturated carbocycles. The van der Waals surface area contributed by atoms with Crippen LogP contribution in [0.1, 0.15) is 17.7 Å². The highest BCUT2D eigenvalue weighted by atomic mass is 32.1. The maximum absolute atomic E-state index is 5.71. The summed E-state index contributed by atoms with van der Waals surface area (Å²) in [4.78, 5) is 10.9. The average Bonchev–Trinajstić information content (AvgIpc) is 3.23. The lowest BCUT2D eigenvalue weighted by molar-refractivity contribution is 0.122. The van der Waals surface area contributed by atoms with E-state index in [0.29, 0.717) is 19.3 Å². The van der Waals surface area contributed by atoms with E-state index in [9.17, 15) is 0 Å². The highest BCUT2D eigenvalue weighted by Crippen LogP contribution is 2.33. The predicted octanol–water partition coefficient (Wildman–Crippen LogP) is 2.83. The van der Waals surface area contributed by atoms with Crippen LogP contribution in [0.5, 0.6) is 11.5 Å². The molecule has 2 saturated heterocycles. The molecule has 0 amide bonds. The first-order chi connectivity index (χ1) is 14.3. The van der Waals surface area contributed by atoms with Gasteiger partial charge in [0.05, 0.1) is 13.2 Å². The maximum Gasteiger partial charge on any atom is 0.185 e. The van der Waals surface area contributed by atoms with Crippen LogP contribution in [0.25, 0.3) is 0 Å². The zero-order chi connectivity index (χ0) is 19.5. The second kappa shape index (κ2) is 8.77. The van der Waals surface area contributed by atoms with E-state index in [-0.39, 0.29) is 0 Å². The van der Waals surface area contributed by atoms with E-state index in [1.54, 1.807) is 0 Å². The number of ether oxygens (including phenoxy) is 3. The Labute approximate surface area is 175 Å². The third kappa shape index (κ3) is 4.60. The lowest BCUT2D eigenvalue weighted by Crippen LogP contribution is -2.41. The van der Waals surface area contributed by atoms with Crippen molar-refractivity contribution in [3.8, 4) is 11.5 Å². The Bertz CT molecular complexity index is 824. The van der Waals surface area contributed by atoms with E-state index >= 15 is 0 Å². The summed E-state index contributed by atoms with van der Waals surface area (Å²) in [6, 6.07) is 6.59. The van der Waals surface area contributed by atoms with Gasteiger partial charge < -0.3 is 24.4 Å². The molecule has 8 heteroatoms. The van der Waals surface area contributed by atoms with E-state index in [1.165, 1.54) is 17.7 Å². The van der Waals surface area contributed by atoms with Crippen LogP contribution >= 0.6 is 11.3 Å². The minimum atomic E-state index is 0.443. The van der Waals surface area contributed by atoms with Gasteiger partial charge in [-0.25, -0.2) is 4.98 Å². The Balaban J connectivity index is 1.17. The number of hydrogen-bond acceptors (Lipinski definition) is 8. The van der Waals surface area contributed by atoms with Gasteiger partial charge in [-0.05, 0) is 31.5 Å². The normalized spacial score (nSPS) is 22.5. The Hall–Kier alpha value is -2.03. The number of piperidine rings is 1. The smallest absolute Gasteiger partial charge is 0.185 e. The number of nitrogens with zero attached hydrogens (tertiary/aromatic N) is 3. The van der Waals surface area contributed by atoms with Crippen molar-refractivity contribution in [1.82, 2.24) is 9.88 Å². The Morgan fingerprint density at radius 3 is 2.83 bits per heavy atom. The Kier molecular flexibility index (Phi) is 5.73. The standard InChI is InChI=1S/C21H28N4O3S/c1-2-17(23-16-3-4-19-20(12-16)28-11-10-27-19)14-24(5-1)15-18-13-22-21(29-18)25-6-8-26-9-7-25/h3-4,12-13,17,23H,1-2,5-11,14-15H2. The van der Waals surface area contributed by atoms with Crippen molar-refractivity contribution in [1.29, 1.82) is 0 Å². The number of likely N-dealkylation sites (tertiary alicyclic amines) is 1. The van der Waals surface area contributed by atoms with Crippen LogP contribution in [0.2, 0.25) is 0 Å². The second-order valence-corrected chi connectivity index (χ2v) is 8.88. The summed E-state index contributed by atoms with van der Waals surface area (Å²) in [5.74, 6) is 1.68. The Morgan fingerprint density at radius 1 is 1.07 bits per heavy atom. The van der Waals surface area contributed by atoms with Crippen molar-refractivity contribution in [2.75, 3.05) is 62.8 Å². The molecule has 0 aliphatic carbocycles. The lowest BCUT2D eigenvalue weighted by Gasteiger charge is -2.33. The van der Waals surface area contributed by atoms with Crippen LogP contribution in [0.15, 0.2) is 24.4 Å². The molecule has 1 atom stereocenters. The SMILES string of the molecule is c1cc2c(cc1NC1CCCN(Cc3cnc(N4CCOCC4)s3)C1)OCCO2. The molecule has 3 aliphatic heterocycles. The summed E-state index contributed by atoms with van der Waals surface area (Å²) < 4.78 is 16.8. The fraction of sp³-hybridized carbons (Fsp3) is 0.571. The molecule has 0 spiro atoms. The number of rotatable bonds is 5. The number of thiazole rings is 1. The van der Waals surface area contributed by atoms with Crippen LogP contribution in [0.4, 0.5) is 10.8 Å². The first-order valence-corrected chi connectivity index (χ1v) is 11.3. The average molecular weight is 417 g/mol. The minimum Gasteiger partial charge on any atom is -0.486 e. The monoisotopic (exact) mass is 416 g/mol. The topological polar surface area (TPSA) is 59.1 Å². The third-order valence-electron chi connectivity index (χ3n) is 5.62. The number of morpholine rings is 1. The summed E-state index contributed by atoms with van der Waals surface area (Å²) in [6.07, 6.45) is 4.44. The lowest BCUT2D eigenvalue weighted by atomic mass is 10.1. The first kappa shape index (κ1) is 19.0. The van der Waals surface area contributed by atoms with Crippen molar-refractivity contribution in [3.63, 3.8) is 0 Å². The van der Waals surface area contributed by atoms with Crippen molar-refractivity contribution < 1.29 is 14.2 Å². The number of hydrogen-bond donors (Lipinski definition) is 1. The van der Waals surface area contributed by atoms with Crippen LogP contribution in [-0.4, -0.2) is 68.5 Å². The molecule has 0 radical (unpaired) electrons. The molecule has 2 fully saturated rings. The summed E-state index contributed by atoms with van der Waals surface area (Å²) in [7, 11) is 0. The summed E-state index contributed by atoms with van der Waals surface area (Å²) in [6.45, 7) is 7.89. The molecule has 1 aromatic carbocycles. The molecular formula is C21H28N4O3S. The van der Waals surface area contributed by atoms with Gasteiger partial charge in [-0.15, -0.1) is 11.3 Å². The van der Waals surface area contributed by atoms with Crippen molar-refractivity contribution in [2.24, 2.45) is 0 Å². The zero-order valence-electron chi connectivity index (χ0n) is 16.6. The fourth-order valence-electron chi connectivity index (χ4n) is 4.18. The molecule has 3 aliphatic rings. The van der Waals surface area contributed by atoms with Gasteiger partial charge in [-0.3, -0.25) is 4.90 Å². The maximum atomic E-state index is 5.71. The predicted molar refractivity (Wildman–Crippen MR) is 114 cm³/mol. The number of aromatic nitrogens is 1. The molecule has 1 unspecified atom stereocenters. The molecule has 29 heavy (non-hydrogen) atoms. The molecule has 4 heterocycles. The fourth-order valence-corrected chi connectivity index (χ4v) is 5.18. The van der Waals surface area contributed by atoms with Crippen molar-refractivity contribution in [2.45, 2.75) is 25.4 Å². The van der Waals surface area contributed by atoms with Crippen LogP contribution in [0.3, 0.4) is 0 Å². The molecule has 5 rings (SSSR count). The van der Waals surface area contributed by atoms with Crippen LogP contribution in [0, 0.1) is 0 Å². The van der Waals surface area contributed by atoms with Gasteiger partial charge >= 0.3 is 0 Å². The molecule has 2 aromatic rings. The van der Waals surface area contributed by atoms with Gasteiger partial charge in [0.2, 0.25) is 0 Å². The van der Waals surface area contributed by atoms with Crippen LogP contribution < -0.4 is 19.7 Å². The molecule has 1 aromatic heterocycles. The molecule has 0 bridgehead atoms. The summed E-state index contributed by atoms with van der Waals surface area (Å²) in [5, 5.41) is 4.82. The third-order valence-corrected chi connectivity index (χ3v) is 6.66. The highest BCUT2D eigenvalue weighted by Gasteiger charge is 2.22. The van der Waals surface area contributed by atoms with Gasteiger partial charge in [0, 0.05) is 55.0 Å². The Morgan fingerprint density at radius 2 is 1.93 bits per heavy atom. The zero-order valence-corrected chi connectivity index (χ0v) is 17.5. The summed E-state index contributed by atoms with van der Waals surface area (Å²) >= 11 is 1.82. The molecule has 156 valence electrons. The number of anilines is 2. The second-order valence-electron chi connectivity index (χ2n) is 7.79. The molecule has 7 nitrogen and oxygen atoms in total. The van der Waals surface area contributed by atoms with E-state index in [4.69, 9.17) is 14.2 Å². The summed E-state index contributed by atoms with van der Waals surface area (Å²) in [5.41, 5.74) is 1.11. The van der Waals surface area contributed by atoms with E-state index in [2.05, 4.69) is 32.2 Å². The van der Waals surface area contributed by atoms with Gasteiger partial charge in [0.1, 0.15) is 13.2 Å². The molecule has 1 N–H and O–H groups in total. The number of nitrogens with one attached hydrogen (secondary N) is 1. The minimum absolute atomic E-state index is 0.443. The van der Waals surface area contributed by atoms with Crippen molar-refractivity contribution >= 4 is 22.2 Å². The van der Waals surface area contributed by atoms with Crippen molar-refractivity contribution in [3.05, 3.63) is 29.3 Å². The van der Waals surface area contributed by atoms with Gasteiger partial charge in [-0.1, -0.05) is 0 Å². The van der Waals surface area contributed by atoms with Crippen LogP contribution in [-0.2, 0) is 11.3 Å².